The number of ether oxygens (including phenoxy) is 1. The Morgan fingerprint density at radius 2 is 2.05 bits per heavy atom. The van der Waals surface area contributed by atoms with E-state index in [2.05, 4.69) is 44.1 Å². The lowest BCUT2D eigenvalue weighted by Gasteiger charge is -2.15. The molecule has 1 heterocycles. The maximum Gasteiger partial charge on any atom is 0.213 e. The summed E-state index contributed by atoms with van der Waals surface area (Å²) in [6.07, 6.45) is 6.89. The monoisotopic (exact) mass is 292 g/mol. The van der Waals surface area contributed by atoms with Crippen molar-refractivity contribution >= 4 is 0 Å². The Labute approximate surface area is 130 Å². The molecule has 1 atom stereocenters. The molecule has 1 N–H and O–H groups in total. The van der Waals surface area contributed by atoms with Gasteiger partial charge in [-0.3, -0.25) is 0 Å². The number of aromatic nitrogens is 1. The summed E-state index contributed by atoms with van der Waals surface area (Å²) in [4.78, 5) is 4.40. The van der Waals surface area contributed by atoms with Gasteiger partial charge in [-0.25, -0.2) is 4.98 Å². The van der Waals surface area contributed by atoms with Crippen molar-refractivity contribution in [2.45, 2.75) is 59.9 Å². The second kappa shape index (κ2) is 10.6. The first kappa shape index (κ1) is 18.0. The van der Waals surface area contributed by atoms with E-state index in [-0.39, 0.29) is 0 Å². The molecule has 0 fully saturated rings. The Morgan fingerprint density at radius 3 is 2.62 bits per heavy atom. The van der Waals surface area contributed by atoms with Crippen LogP contribution < -0.4 is 10.1 Å². The van der Waals surface area contributed by atoms with Crippen LogP contribution in [0, 0.1) is 11.8 Å². The van der Waals surface area contributed by atoms with Gasteiger partial charge in [0.15, 0.2) is 0 Å². The van der Waals surface area contributed by atoms with Crippen LogP contribution in [0.15, 0.2) is 18.3 Å². The largest absolute Gasteiger partial charge is 0.477 e. The zero-order valence-electron chi connectivity index (χ0n) is 14.2. The van der Waals surface area contributed by atoms with E-state index in [1.165, 1.54) is 31.2 Å². The minimum atomic E-state index is 0.652. The highest BCUT2D eigenvalue weighted by molar-refractivity contribution is 5.17. The van der Waals surface area contributed by atoms with E-state index < -0.39 is 0 Å². The number of rotatable bonds is 11. The molecule has 21 heavy (non-hydrogen) atoms. The first-order chi connectivity index (χ1) is 10.2. The fraction of sp³-hybridized carbons (Fsp3) is 0.722. The van der Waals surface area contributed by atoms with Crippen LogP contribution in [0.25, 0.3) is 0 Å². The number of hydrogen-bond acceptors (Lipinski definition) is 3. The van der Waals surface area contributed by atoms with Crippen molar-refractivity contribution in [3.63, 3.8) is 0 Å². The van der Waals surface area contributed by atoms with Crippen LogP contribution in [0.1, 0.15) is 58.9 Å². The first-order valence-electron chi connectivity index (χ1n) is 8.44. The predicted octanol–water partition coefficient (Wildman–Crippen LogP) is 4.42. The van der Waals surface area contributed by atoms with Crippen molar-refractivity contribution in [2.75, 3.05) is 13.2 Å². The molecule has 1 aromatic rings. The van der Waals surface area contributed by atoms with Gasteiger partial charge in [-0.15, -0.1) is 0 Å². The number of nitrogens with one attached hydrogen (secondary N) is 1. The highest BCUT2D eigenvalue weighted by atomic mass is 16.5. The van der Waals surface area contributed by atoms with Gasteiger partial charge in [0.25, 0.3) is 0 Å². The van der Waals surface area contributed by atoms with Gasteiger partial charge in [-0.1, -0.05) is 53.0 Å². The van der Waals surface area contributed by atoms with E-state index in [4.69, 9.17) is 4.74 Å². The van der Waals surface area contributed by atoms with Crippen molar-refractivity contribution in [3.05, 3.63) is 23.9 Å². The van der Waals surface area contributed by atoms with Gasteiger partial charge < -0.3 is 10.1 Å². The summed E-state index contributed by atoms with van der Waals surface area (Å²) in [6.45, 7) is 11.6. The molecule has 0 spiro atoms. The smallest absolute Gasteiger partial charge is 0.213 e. The van der Waals surface area contributed by atoms with E-state index in [9.17, 15) is 0 Å². The lowest BCUT2D eigenvalue weighted by atomic mass is 10.0. The minimum absolute atomic E-state index is 0.652. The molecule has 0 aromatic carbocycles. The van der Waals surface area contributed by atoms with Gasteiger partial charge in [0.05, 0.1) is 6.61 Å². The Morgan fingerprint density at radius 1 is 1.24 bits per heavy atom. The second-order valence-corrected chi connectivity index (χ2v) is 6.26. The first-order valence-corrected chi connectivity index (χ1v) is 8.44. The summed E-state index contributed by atoms with van der Waals surface area (Å²) in [6, 6.07) is 4.08. The summed E-state index contributed by atoms with van der Waals surface area (Å²) < 4.78 is 5.82. The molecular formula is C18H32N2O. The standard InChI is InChI=1S/C18H32N2O/c1-5-7-8-16(6-2)14-21-18-10-9-17(13-20-18)12-19-11-15(3)4/h9-10,13,15-16,19H,5-8,11-12,14H2,1-4H3. The number of hydrogen-bond donors (Lipinski definition) is 1. The summed E-state index contributed by atoms with van der Waals surface area (Å²) in [5.41, 5.74) is 1.21. The van der Waals surface area contributed by atoms with Crippen molar-refractivity contribution in [2.24, 2.45) is 11.8 Å². The molecule has 3 nitrogen and oxygen atoms in total. The molecule has 0 aliphatic heterocycles. The summed E-state index contributed by atoms with van der Waals surface area (Å²) in [5.74, 6) is 2.08. The van der Waals surface area contributed by atoms with Crippen LogP contribution in [0.4, 0.5) is 0 Å². The number of unbranched alkanes of at least 4 members (excludes halogenated alkanes) is 1. The predicted molar refractivity (Wildman–Crippen MR) is 89.6 cm³/mol. The SMILES string of the molecule is CCCCC(CC)COc1ccc(CNCC(C)C)cn1. The van der Waals surface area contributed by atoms with Gasteiger partial charge in [-0.2, -0.15) is 0 Å². The second-order valence-electron chi connectivity index (χ2n) is 6.26. The van der Waals surface area contributed by atoms with E-state index >= 15 is 0 Å². The normalized spacial score (nSPS) is 12.6. The van der Waals surface area contributed by atoms with Crippen LogP contribution in [0.3, 0.4) is 0 Å². The molecule has 120 valence electrons. The average molecular weight is 292 g/mol. The summed E-state index contributed by atoms with van der Waals surface area (Å²) >= 11 is 0. The quantitative estimate of drug-likeness (QED) is 0.655. The van der Waals surface area contributed by atoms with E-state index in [0.29, 0.717) is 11.8 Å². The zero-order chi connectivity index (χ0) is 15.5. The topological polar surface area (TPSA) is 34.1 Å². The van der Waals surface area contributed by atoms with Crippen molar-refractivity contribution < 1.29 is 4.74 Å². The van der Waals surface area contributed by atoms with Crippen LogP contribution in [-0.2, 0) is 6.54 Å². The Bertz CT molecular complexity index is 362. The third kappa shape index (κ3) is 8.05. The minimum Gasteiger partial charge on any atom is -0.477 e. The molecule has 0 radical (unpaired) electrons. The maximum atomic E-state index is 5.82. The van der Waals surface area contributed by atoms with Crippen molar-refractivity contribution in [1.29, 1.82) is 0 Å². The summed E-state index contributed by atoms with van der Waals surface area (Å²) in [5, 5.41) is 3.42. The zero-order valence-corrected chi connectivity index (χ0v) is 14.2. The van der Waals surface area contributed by atoms with E-state index in [1.54, 1.807) is 0 Å². The lowest BCUT2D eigenvalue weighted by molar-refractivity contribution is 0.226. The lowest BCUT2D eigenvalue weighted by Crippen LogP contribution is -2.19. The van der Waals surface area contributed by atoms with Gasteiger partial charge in [0.2, 0.25) is 5.88 Å². The van der Waals surface area contributed by atoms with Crippen LogP contribution in [0.5, 0.6) is 5.88 Å². The Hall–Kier alpha value is -1.09. The molecule has 3 heteroatoms. The van der Waals surface area contributed by atoms with Crippen LogP contribution in [0.2, 0.25) is 0 Å². The van der Waals surface area contributed by atoms with Crippen LogP contribution >= 0.6 is 0 Å². The van der Waals surface area contributed by atoms with Crippen LogP contribution in [-0.4, -0.2) is 18.1 Å². The highest BCUT2D eigenvalue weighted by Crippen LogP contribution is 2.15. The molecular weight excluding hydrogens is 260 g/mol. The van der Waals surface area contributed by atoms with E-state index in [0.717, 1.165) is 25.6 Å². The molecule has 0 saturated heterocycles. The molecule has 0 aliphatic rings. The van der Waals surface area contributed by atoms with Gasteiger partial charge in [0.1, 0.15) is 0 Å². The van der Waals surface area contributed by atoms with Gasteiger partial charge in [0, 0.05) is 18.8 Å². The molecule has 0 amide bonds. The Kier molecular flexibility index (Phi) is 9.07. The molecule has 1 aromatic heterocycles. The maximum absolute atomic E-state index is 5.82. The fourth-order valence-electron chi connectivity index (χ4n) is 2.21. The van der Waals surface area contributed by atoms with E-state index in [1.807, 2.05) is 12.3 Å². The molecule has 0 bridgehead atoms. The van der Waals surface area contributed by atoms with Crippen molar-refractivity contribution in [1.82, 2.24) is 10.3 Å². The van der Waals surface area contributed by atoms with Crippen molar-refractivity contribution in [3.8, 4) is 5.88 Å². The Balaban J connectivity index is 2.32. The number of pyridine rings is 1. The highest BCUT2D eigenvalue weighted by Gasteiger charge is 2.07. The van der Waals surface area contributed by atoms with Gasteiger partial charge in [-0.05, 0) is 30.4 Å². The summed E-state index contributed by atoms with van der Waals surface area (Å²) in [7, 11) is 0. The molecule has 1 rings (SSSR count). The molecule has 1 unspecified atom stereocenters. The third-order valence-corrected chi connectivity index (χ3v) is 3.69. The fourth-order valence-corrected chi connectivity index (χ4v) is 2.21. The average Bonchev–Trinajstić information content (AvgIpc) is 2.48. The third-order valence-electron chi connectivity index (χ3n) is 3.69. The molecule has 0 saturated carbocycles. The van der Waals surface area contributed by atoms with Gasteiger partial charge >= 0.3 is 0 Å². The molecule has 0 aliphatic carbocycles. The number of nitrogens with zero attached hydrogens (tertiary/aromatic N) is 1.